The lowest BCUT2D eigenvalue weighted by molar-refractivity contribution is -0.122. The average Bonchev–Trinajstić information content (AvgIpc) is 3.01. The van der Waals surface area contributed by atoms with E-state index in [1.807, 2.05) is 26.0 Å². The first kappa shape index (κ1) is 20.8. The van der Waals surface area contributed by atoms with E-state index in [2.05, 4.69) is 16.2 Å². The number of pyridine rings is 1. The first-order chi connectivity index (χ1) is 14.0. The number of terminal acetylenes is 1. The number of nitrogens with one attached hydrogen (secondary N) is 1. The number of nitrogens with zero attached hydrogens (tertiary/aromatic N) is 1. The predicted octanol–water partition coefficient (Wildman–Crippen LogP) is 2.79. The minimum atomic E-state index is -0.723. The van der Waals surface area contributed by atoms with Gasteiger partial charge in [0.15, 0.2) is 0 Å². The quantitative estimate of drug-likeness (QED) is 0.744. The molecule has 1 amide bonds. The Morgan fingerprint density at radius 1 is 1.38 bits per heavy atom. The lowest BCUT2D eigenvalue weighted by atomic mass is 9.84. The number of rotatable bonds is 6. The number of benzene rings is 1. The van der Waals surface area contributed by atoms with Gasteiger partial charge in [0.2, 0.25) is 0 Å². The van der Waals surface area contributed by atoms with Crippen molar-refractivity contribution in [3.63, 3.8) is 0 Å². The molecule has 5 nitrogen and oxygen atoms in total. The number of hydrogen-bond acceptors (Lipinski definition) is 4. The Hall–Kier alpha value is -2.97. The fraction of sp³-hybridized carbons (Fsp3) is 0.375. The molecule has 1 heterocycles. The van der Waals surface area contributed by atoms with Gasteiger partial charge in [-0.3, -0.25) is 14.6 Å². The van der Waals surface area contributed by atoms with Crippen LogP contribution in [0.4, 0.5) is 0 Å². The highest BCUT2D eigenvalue weighted by Gasteiger charge is 2.43. The molecule has 1 aliphatic rings. The van der Waals surface area contributed by atoms with Gasteiger partial charge in [0, 0.05) is 24.2 Å². The van der Waals surface area contributed by atoms with E-state index in [-0.39, 0.29) is 17.6 Å². The molecule has 5 heteroatoms. The molecule has 1 aromatic carbocycles. The van der Waals surface area contributed by atoms with Gasteiger partial charge in [0.1, 0.15) is 11.5 Å². The number of Topliss-reactive ketones (excluding diaryl/α,β-unsaturated/α-hetero) is 1. The first-order valence-corrected chi connectivity index (χ1v) is 9.97. The Morgan fingerprint density at radius 3 is 2.83 bits per heavy atom. The molecule has 0 saturated heterocycles. The second kappa shape index (κ2) is 9.02. The van der Waals surface area contributed by atoms with Crippen LogP contribution in [-0.2, 0) is 11.2 Å². The van der Waals surface area contributed by atoms with Gasteiger partial charge in [-0.25, -0.2) is 0 Å². The summed E-state index contributed by atoms with van der Waals surface area (Å²) >= 11 is 0. The van der Waals surface area contributed by atoms with Crippen LogP contribution in [0.1, 0.15) is 58.4 Å². The van der Waals surface area contributed by atoms with Crippen molar-refractivity contribution in [2.45, 2.75) is 45.1 Å². The van der Waals surface area contributed by atoms with E-state index in [0.29, 0.717) is 25.1 Å². The second-order valence-corrected chi connectivity index (χ2v) is 7.50. The molecule has 1 aliphatic carbocycles. The summed E-state index contributed by atoms with van der Waals surface area (Å²) in [5.41, 5.74) is 4.00. The summed E-state index contributed by atoms with van der Waals surface area (Å²) in [6.07, 6.45) is 8.02. The fourth-order valence-corrected chi connectivity index (χ4v) is 4.22. The zero-order chi connectivity index (χ0) is 21.0. The van der Waals surface area contributed by atoms with Crippen LogP contribution in [0.25, 0.3) is 0 Å². The molecule has 1 aromatic heterocycles. The molecule has 1 saturated carbocycles. The number of hydrogen-bond donors (Lipinski definition) is 2. The zero-order valence-electron chi connectivity index (χ0n) is 16.8. The summed E-state index contributed by atoms with van der Waals surface area (Å²) in [5, 5.41) is 13.5. The van der Waals surface area contributed by atoms with Gasteiger partial charge in [-0.2, -0.15) is 0 Å². The minimum absolute atomic E-state index is 0.0378. The highest BCUT2D eigenvalue weighted by atomic mass is 16.3. The zero-order valence-corrected chi connectivity index (χ0v) is 16.8. The number of aromatic nitrogens is 1. The second-order valence-electron chi connectivity index (χ2n) is 7.50. The standard InChI is InChI=1S/C24H26N2O3/c1-4-16-12-15(3)21(17(5-2)13-16)22-20(27)14-18(23(22)28)9-11-26-24(29)19-8-6-7-10-25-19/h1,6-8,10,12-13,18,20,22,27H,5,9,11,14H2,2-3H3,(H,26,29). The third kappa shape index (κ3) is 4.38. The summed E-state index contributed by atoms with van der Waals surface area (Å²) < 4.78 is 0. The maximum absolute atomic E-state index is 13.1. The van der Waals surface area contributed by atoms with Crippen LogP contribution in [0.3, 0.4) is 0 Å². The van der Waals surface area contributed by atoms with Crippen molar-refractivity contribution in [2.75, 3.05) is 6.54 Å². The van der Waals surface area contributed by atoms with E-state index in [0.717, 1.165) is 28.7 Å². The molecule has 3 unspecified atom stereocenters. The molecule has 1 fully saturated rings. The van der Waals surface area contributed by atoms with Crippen molar-refractivity contribution in [1.29, 1.82) is 0 Å². The molecule has 0 spiro atoms. The topological polar surface area (TPSA) is 79.3 Å². The summed E-state index contributed by atoms with van der Waals surface area (Å²) in [6.45, 7) is 4.33. The van der Waals surface area contributed by atoms with Crippen molar-refractivity contribution in [1.82, 2.24) is 10.3 Å². The number of aliphatic hydroxyl groups is 1. The molecular formula is C24H26N2O3. The molecule has 3 atom stereocenters. The smallest absolute Gasteiger partial charge is 0.269 e. The molecule has 0 radical (unpaired) electrons. The van der Waals surface area contributed by atoms with Gasteiger partial charge in [-0.1, -0.05) is 18.9 Å². The van der Waals surface area contributed by atoms with E-state index in [1.165, 1.54) is 0 Å². The van der Waals surface area contributed by atoms with Crippen molar-refractivity contribution in [3.8, 4) is 12.3 Å². The van der Waals surface area contributed by atoms with E-state index in [4.69, 9.17) is 6.42 Å². The van der Waals surface area contributed by atoms with Crippen molar-refractivity contribution >= 4 is 11.7 Å². The van der Waals surface area contributed by atoms with Crippen LogP contribution in [0, 0.1) is 25.2 Å². The van der Waals surface area contributed by atoms with E-state index < -0.39 is 12.0 Å². The van der Waals surface area contributed by atoms with E-state index in [9.17, 15) is 14.7 Å². The largest absolute Gasteiger partial charge is 0.392 e. The van der Waals surface area contributed by atoms with Gasteiger partial charge in [0.05, 0.1) is 12.0 Å². The number of carbonyl (C=O) groups excluding carboxylic acids is 2. The normalized spacial score (nSPS) is 21.0. The Kier molecular flexibility index (Phi) is 6.46. The number of aryl methyl sites for hydroxylation is 2. The average molecular weight is 390 g/mol. The molecule has 2 N–H and O–H groups in total. The van der Waals surface area contributed by atoms with Crippen molar-refractivity contribution in [3.05, 3.63) is 64.5 Å². The maximum atomic E-state index is 13.1. The van der Waals surface area contributed by atoms with Gasteiger partial charge >= 0.3 is 0 Å². The van der Waals surface area contributed by atoms with Gasteiger partial charge in [-0.15, -0.1) is 6.42 Å². The van der Waals surface area contributed by atoms with Crippen LogP contribution in [0.5, 0.6) is 0 Å². The van der Waals surface area contributed by atoms with Crippen molar-refractivity contribution < 1.29 is 14.7 Å². The van der Waals surface area contributed by atoms with Crippen LogP contribution >= 0.6 is 0 Å². The molecule has 2 aromatic rings. The van der Waals surface area contributed by atoms with Crippen LogP contribution in [0.15, 0.2) is 36.5 Å². The van der Waals surface area contributed by atoms with Crippen LogP contribution in [-0.4, -0.2) is 34.4 Å². The van der Waals surface area contributed by atoms with Gasteiger partial charge in [-0.05, 0) is 67.1 Å². The molecule has 3 rings (SSSR count). The van der Waals surface area contributed by atoms with E-state index in [1.54, 1.807) is 24.4 Å². The highest BCUT2D eigenvalue weighted by Crippen LogP contribution is 2.40. The Balaban J connectivity index is 1.70. The Morgan fingerprint density at radius 2 is 2.17 bits per heavy atom. The molecule has 29 heavy (non-hydrogen) atoms. The lowest BCUT2D eigenvalue weighted by Crippen LogP contribution is -2.28. The monoisotopic (exact) mass is 390 g/mol. The van der Waals surface area contributed by atoms with Crippen molar-refractivity contribution in [2.24, 2.45) is 5.92 Å². The number of amides is 1. The molecule has 0 bridgehead atoms. The number of carbonyl (C=O) groups is 2. The first-order valence-electron chi connectivity index (χ1n) is 9.97. The summed E-state index contributed by atoms with van der Waals surface area (Å²) in [6, 6.07) is 8.98. The number of aliphatic hydroxyl groups excluding tert-OH is 1. The Labute approximate surface area is 171 Å². The highest BCUT2D eigenvalue weighted by molar-refractivity contribution is 5.93. The fourth-order valence-electron chi connectivity index (χ4n) is 4.22. The molecule has 150 valence electrons. The molecule has 0 aliphatic heterocycles. The SMILES string of the molecule is C#Cc1cc(C)c(C2C(=O)C(CCNC(=O)c3ccccn3)CC2O)c(CC)c1. The van der Waals surface area contributed by atoms with Crippen LogP contribution in [0.2, 0.25) is 0 Å². The molecular weight excluding hydrogens is 364 g/mol. The maximum Gasteiger partial charge on any atom is 0.269 e. The summed E-state index contributed by atoms with van der Waals surface area (Å²) in [7, 11) is 0. The third-order valence-corrected chi connectivity index (χ3v) is 5.63. The van der Waals surface area contributed by atoms with Crippen LogP contribution < -0.4 is 5.32 Å². The summed E-state index contributed by atoms with van der Waals surface area (Å²) in [4.78, 5) is 29.2. The minimum Gasteiger partial charge on any atom is -0.392 e. The lowest BCUT2D eigenvalue weighted by Gasteiger charge is -2.20. The third-order valence-electron chi connectivity index (χ3n) is 5.63. The van der Waals surface area contributed by atoms with Gasteiger partial charge < -0.3 is 10.4 Å². The van der Waals surface area contributed by atoms with Gasteiger partial charge in [0.25, 0.3) is 5.91 Å². The van der Waals surface area contributed by atoms with E-state index >= 15 is 0 Å². The number of ketones is 1. The Bertz CT molecular complexity index is 947. The predicted molar refractivity (Wildman–Crippen MR) is 112 cm³/mol. The summed E-state index contributed by atoms with van der Waals surface area (Å²) in [5.74, 6) is 1.61.